The Hall–Kier alpha value is -2.57. The van der Waals surface area contributed by atoms with Crippen LogP contribution >= 0.6 is 12.4 Å². The number of nitrogens with one attached hydrogen (secondary N) is 1. The third-order valence-electron chi connectivity index (χ3n) is 5.13. The topological polar surface area (TPSA) is 102 Å². The lowest BCUT2D eigenvalue weighted by Gasteiger charge is -2.17. The molecule has 6 nitrogen and oxygen atoms in total. The molecule has 0 radical (unpaired) electrons. The van der Waals surface area contributed by atoms with E-state index in [1.54, 1.807) is 0 Å². The molecule has 1 aliphatic rings. The van der Waals surface area contributed by atoms with Gasteiger partial charge in [-0.1, -0.05) is 61.4 Å². The predicted octanol–water partition coefficient (Wildman–Crippen LogP) is 3.92. The highest BCUT2D eigenvalue weighted by Gasteiger charge is 2.29. The molecule has 7 heteroatoms. The van der Waals surface area contributed by atoms with E-state index in [2.05, 4.69) is 17.4 Å². The average Bonchev–Trinajstić information content (AvgIpc) is 3.02. The highest BCUT2D eigenvalue weighted by molar-refractivity contribution is 5.85. The summed E-state index contributed by atoms with van der Waals surface area (Å²) in [7, 11) is 0. The molecule has 0 spiro atoms. The number of benzene rings is 2. The molecule has 0 saturated heterocycles. The first-order valence-electron chi connectivity index (χ1n) is 9.66. The third kappa shape index (κ3) is 5.49. The quantitative estimate of drug-likeness (QED) is 0.536. The van der Waals surface area contributed by atoms with Crippen LogP contribution in [0.4, 0.5) is 4.79 Å². The summed E-state index contributed by atoms with van der Waals surface area (Å²) in [5.41, 5.74) is 9.98. The second-order valence-corrected chi connectivity index (χ2v) is 7.00. The Morgan fingerprint density at radius 3 is 2.14 bits per heavy atom. The number of unbranched alkanes of at least 4 members (excludes halogenated alkanes) is 2. The van der Waals surface area contributed by atoms with E-state index in [9.17, 15) is 14.7 Å². The molecule has 3 rings (SSSR count). The summed E-state index contributed by atoms with van der Waals surface area (Å²) in [4.78, 5) is 23.6. The molecule has 2 aromatic rings. The van der Waals surface area contributed by atoms with Crippen LogP contribution in [-0.2, 0) is 9.53 Å². The maximum atomic E-state index is 12.2. The van der Waals surface area contributed by atoms with Gasteiger partial charge in [-0.05, 0) is 41.6 Å². The summed E-state index contributed by atoms with van der Waals surface area (Å²) >= 11 is 0. The second-order valence-electron chi connectivity index (χ2n) is 7.00. The van der Waals surface area contributed by atoms with Crippen LogP contribution < -0.4 is 11.1 Å². The minimum Gasteiger partial charge on any atom is -0.480 e. The zero-order valence-electron chi connectivity index (χ0n) is 16.2. The maximum Gasteiger partial charge on any atom is 0.407 e. The summed E-state index contributed by atoms with van der Waals surface area (Å²) in [6.07, 6.45) is 2.04. The molecular formula is C22H27ClN2O4. The van der Waals surface area contributed by atoms with E-state index < -0.39 is 18.1 Å². The Bertz CT molecular complexity index is 798. The van der Waals surface area contributed by atoms with Crippen LogP contribution in [0.15, 0.2) is 48.5 Å². The van der Waals surface area contributed by atoms with Gasteiger partial charge in [-0.25, -0.2) is 9.59 Å². The van der Waals surface area contributed by atoms with E-state index in [4.69, 9.17) is 10.5 Å². The van der Waals surface area contributed by atoms with Crippen molar-refractivity contribution < 1.29 is 19.4 Å². The number of aliphatic carboxylic acids is 1. The van der Waals surface area contributed by atoms with Gasteiger partial charge in [-0.3, -0.25) is 0 Å². The molecule has 4 N–H and O–H groups in total. The van der Waals surface area contributed by atoms with Crippen molar-refractivity contribution in [3.05, 3.63) is 59.7 Å². The largest absolute Gasteiger partial charge is 0.480 e. The van der Waals surface area contributed by atoms with Gasteiger partial charge in [0, 0.05) is 5.92 Å². The fourth-order valence-electron chi connectivity index (χ4n) is 3.71. The van der Waals surface area contributed by atoms with Crippen LogP contribution in [0.1, 0.15) is 42.7 Å². The number of alkyl carbamates (subject to hydrolysis) is 1. The fourth-order valence-corrected chi connectivity index (χ4v) is 3.71. The molecule has 1 amide bonds. The Balaban J connectivity index is 0.00000300. The first kappa shape index (κ1) is 22.7. The molecule has 0 unspecified atom stereocenters. The lowest BCUT2D eigenvalue weighted by atomic mass is 9.98. The van der Waals surface area contributed by atoms with Gasteiger partial charge in [-0.2, -0.15) is 0 Å². The first-order valence-corrected chi connectivity index (χ1v) is 9.66. The van der Waals surface area contributed by atoms with Crippen molar-refractivity contribution in [2.24, 2.45) is 5.73 Å². The van der Waals surface area contributed by atoms with Gasteiger partial charge >= 0.3 is 12.1 Å². The number of carbonyl (C=O) groups excluding carboxylic acids is 1. The zero-order chi connectivity index (χ0) is 19.9. The lowest BCUT2D eigenvalue weighted by molar-refractivity contribution is -0.139. The van der Waals surface area contributed by atoms with E-state index >= 15 is 0 Å². The number of rotatable bonds is 9. The lowest BCUT2D eigenvalue weighted by Crippen LogP contribution is -2.41. The fraction of sp³-hybridized carbons (Fsp3) is 0.364. The number of nitrogens with two attached hydrogens (primary N) is 1. The molecule has 0 fully saturated rings. The number of fused-ring (bicyclic) bond motifs is 3. The minimum absolute atomic E-state index is 0. The molecule has 0 aliphatic heterocycles. The number of hydrogen-bond acceptors (Lipinski definition) is 4. The Morgan fingerprint density at radius 2 is 1.59 bits per heavy atom. The molecule has 1 aliphatic carbocycles. The van der Waals surface area contributed by atoms with Crippen LogP contribution in [0.2, 0.25) is 0 Å². The molecule has 0 bridgehead atoms. The number of amides is 1. The minimum atomic E-state index is -1.05. The molecule has 0 aromatic heterocycles. The van der Waals surface area contributed by atoms with E-state index in [-0.39, 0.29) is 24.9 Å². The van der Waals surface area contributed by atoms with Crippen LogP contribution in [0.5, 0.6) is 0 Å². The molecule has 1 atom stereocenters. The van der Waals surface area contributed by atoms with Crippen molar-refractivity contribution >= 4 is 24.5 Å². The third-order valence-corrected chi connectivity index (χ3v) is 5.13. The normalized spacial score (nSPS) is 13.0. The summed E-state index contributed by atoms with van der Waals surface area (Å²) in [6.45, 7) is 0.747. The summed E-state index contributed by atoms with van der Waals surface area (Å²) in [5.74, 6) is -1.10. The molecule has 29 heavy (non-hydrogen) atoms. The van der Waals surface area contributed by atoms with Gasteiger partial charge in [0.15, 0.2) is 0 Å². The van der Waals surface area contributed by atoms with Gasteiger partial charge in [0.25, 0.3) is 0 Å². The van der Waals surface area contributed by atoms with Crippen LogP contribution in [0, 0.1) is 0 Å². The number of carboxylic acid groups (broad SMARTS) is 1. The highest BCUT2D eigenvalue weighted by Crippen LogP contribution is 2.44. The van der Waals surface area contributed by atoms with Crippen LogP contribution in [0.3, 0.4) is 0 Å². The Morgan fingerprint density at radius 1 is 1.00 bits per heavy atom. The molecule has 0 saturated carbocycles. The first-order chi connectivity index (χ1) is 13.6. The Kier molecular flexibility index (Phi) is 8.49. The average molecular weight is 419 g/mol. The van der Waals surface area contributed by atoms with Gasteiger partial charge in [0.1, 0.15) is 12.6 Å². The van der Waals surface area contributed by atoms with Gasteiger partial charge in [-0.15, -0.1) is 12.4 Å². The molecule has 0 heterocycles. The van der Waals surface area contributed by atoms with E-state index in [1.165, 1.54) is 0 Å². The van der Waals surface area contributed by atoms with E-state index in [0.29, 0.717) is 19.4 Å². The maximum absolute atomic E-state index is 12.2. The highest BCUT2D eigenvalue weighted by atomic mass is 35.5. The standard InChI is InChI=1S/C22H26N2O4.ClH/c23-13-7-1-2-12-20(21(25)26)24-22(27)28-14-19-17-10-5-3-8-15(17)16-9-4-6-11-18(16)19;/h3-6,8-11,19-20H,1-2,7,12-14,23H2,(H,24,27)(H,25,26);1H/t20-;/m0./s1. The number of ether oxygens (including phenoxy) is 1. The summed E-state index contributed by atoms with van der Waals surface area (Å²) in [6, 6.07) is 15.2. The van der Waals surface area contributed by atoms with Gasteiger partial charge in [0.05, 0.1) is 0 Å². The SMILES string of the molecule is Cl.NCCCCC[C@H](NC(=O)OCC1c2ccccc2-c2ccccc21)C(=O)O. The zero-order valence-corrected chi connectivity index (χ0v) is 17.0. The van der Waals surface area contributed by atoms with Crippen molar-refractivity contribution in [2.75, 3.05) is 13.2 Å². The smallest absolute Gasteiger partial charge is 0.407 e. The summed E-state index contributed by atoms with van der Waals surface area (Å²) in [5, 5.41) is 11.8. The van der Waals surface area contributed by atoms with Crippen molar-refractivity contribution in [2.45, 2.75) is 37.6 Å². The summed E-state index contributed by atoms with van der Waals surface area (Å²) < 4.78 is 5.41. The van der Waals surface area contributed by atoms with E-state index in [1.807, 2.05) is 36.4 Å². The van der Waals surface area contributed by atoms with Crippen molar-refractivity contribution in [3.8, 4) is 11.1 Å². The molecular weight excluding hydrogens is 392 g/mol. The number of carbonyl (C=O) groups is 2. The predicted molar refractivity (Wildman–Crippen MR) is 114 cm³/mol. The second kappa shape index (κ2) is 10.8. The van der Waals surface area contributed by atoms with Gasteiger partial charge < -0.3 is 20.9 Å². The molecule has 2 aromatic carbocycles. The van der Waals surface area contributed by atoms with Crippen molar-refractivity contribution in [1.82, 2.24) is 5.32 Å². The number of carboxylic acids is 1. The number of hydrogen-bond donors (Lipinski definition) is 3. The van der Waals surface area contributed by atoms with Crippen molar-refractivity contribution in [3.63, 3.8) is 0 Å². The monoisotopic (exact) mass is 418 g/mol. The van der Waals surface area contributed by atoms with Crippen LogP contribution in [0.25, 0.3) is 11.1 Å². The molecule has 156 valence electrons. The van der Waals surface area contributed by atoms with Gasteiger partial charge in [0.2, 0.25) is 0 Å². The number of halogens is 1. The van der Waals surface area contributed by atoms with E-state index in [0.717, 1.165) is 35.1 Å². The van der Waals surface area contributed by atoms with Crippen LogP contribution in [-0.4, -0.2) is 36.4 Å². The Labute approximate surface area is 176 Å². The van der Waals surface area contributed by atoms with Crippen molar-refractivity contribution in [1.29, 1.82) is 0 Å².